The standard InChI is InChI=1S/C11H23NO3S/c1-5-12-11(3,10(14)15-4)8-9(2)16-7-6-13/h9,12-13H,5-8H2,1-4H3. The third-order valence-electron chi connectivity index (χ3n) is 2.39. The molecule has 0 aliphatic heterocycles. The minimum absolute atomic E-state index is 0.172. The molecule has 0 amide bonds. The Balaban J connectivity index is 4.36. The van der Waals surface area contributed by atoms with Crippen LogP contribution in [0.15, 0.2) is 0 Å². The van der Waals surface area contributed by atoms with E-state index in [-0.39, 0.29) is 12.6 Å². The van der Waals surface area contributed by atoms with Gasteiger partial charge in [0.1, 0.15) is 5.54 Å². The second-order valence-electron chi connectivity index (χ2n) is 3.96. The fraction of sp³-hybridized carbons (Fsp3) is 0.909. The maximum atomic E-state index is 11.7. The summed E-state index contributed by atoms with van der Waals surface area (Å²) >= 11 is 1.66. The number of aliphatic hydroxyl groups excluding tert-OH is 1. The van der Waals surface area contributed by atoms with Crippen molar-refractivity contribution in [3.05, 3.63) is 0 Å². The summed E-state index contributed by atoms with van der Waals surface area (Å²) < 4.78 is 4.81. The van der Waals surface area contributed by atoms with Crippen LogP contribution in [0.1, 0.15) is 27.2 Å². The predicted octanol–water partition coefficient (Wildman–Crippen LogP) is 1.03. The van der Waals surface area contributed by atoms with Gasteiger partial charge in [0.2, 0.25) is 0 Å². The number of nitrogens with one attached hydrogen (secondary N) is 1. The van der Waals surface area contributed by atoms with Gasteiger partial charge >= 0.3 is 5.97 Å². The van der Waals surface area contributed by atoms with E-state index in [1.54, 1.807) is 11.8 Å². The van der Waals surface area contributed by atoms with Crippen LogP contribution in [0.2, 0.25) is 0 Å². The summed E-state index contributed by atoms with van der Waals surface area (Å²) in [6, 6.07) is 0. The Morgan fingerprint density at radius 3 is 2.69 bits per heavy atom. The Hall–Kier alpha value is -0.260. The number of hydrogen-bond acceptors (Lipinski definition) is 5. The number of carbonyl (C=O) groups excluding carboxylic acids is 1. The average molecular weight is 249 g/mol. The minimum atomic E-state index is -0.634. The molecule has 0 aromatic rings. The van der Waals surface area contributed by atoms with E-state index in [4.69, 9.17) is 9.84 Å². The zero-order chi connectivity index (χ0) is 12.6. The predicted molar refractivity (Wildman–Crippen MR) is 67.7 cm³/mol. The summed E-state index contributed by atoms with van der Waals surface area (Å²) in [5.74, 6) is 0.468. The van der Waals surface area contributed by atoms with Gasteiger partial charge in [-0.05, 0) is 19.9 Å². The van der Waals surface area contributed by atoms with Gasteiger partial charge in [0.15, 0.2) is 0 Å². The van der Waals surface area contributed by atoms with Gasteiger partial charge in [-0.2, -0.15) is 11.8 Å². The molecule has 0 aliphatic rings. The molecule has 0 heterocycles. The van der Waals surface area contributed by atoms with Crippen molar-refractivity contribution in [3.63, 3.8) is 0 Å². The lowest BCUT2D eigenvalue weighted by Crippen LogP contribution is -2.51. The quantitative estimate of drug-likeness (QED) is 0.629. The van der Waals surface area contributed by atoms with Crippen molar-refractivity contribution >= 4 is 17.7 Å². The Kier molecular flexibility index (Phi) is 7.80. The van der Waals surface area contributed by atoms with Gasteiger partial charge in [0.25, 0.3) is 0 Å². The van der Waals surface area contributed by atoms with Crippen molar-refractivity contribution in [1.82, 2.24) is 5.32 Å². The number of thioether (sulfide) groups is 1. The lowest BCUT2D eigenvalue weighted by atomic mass is 9.96. The summed E-state index contributed by atoms with van der Waals surface area (Å²) in [6.45, 7) is 6.78. The molecule has 0 saturated carbocycles. The molecular weight excluding hydrogens is 226 g/mol. The van der Waals surface area contributed by atoms with Crippen molar-refractivity contribution in [2.75, 3.05) is 26.0 Å². The molecular formula is C11H23NO3S. The Morgan fingerprint density at radius 2 is 2.25 bits per heavy atom. The van der Waals surface area contributed by atoms with Crippen LogP contribution in [0.3, 0.4) is 0 Å². The maximum Gasteiger partial charge on any atom is 0.325 e. The number of carbonyl (C=O) groups is 1. The van der Waals surface area contributed by atoms with Gasteiger partial charge in [-0.1, -0.05) is 13.8 Å². The van der Waals surface area contributed by atoms with Crippen molar-refractivity contribution in [2.24, 2.45) is 0 Å². The molecule has 0 aromatic heterocycles. The highest BCUT2D eigenvalue weighted by atomic mass is 32.2. The molecule has 96 valence electrons. The van der Waals surface area contributed by atoms with Gasteiger partial charge in [0.05, 0.1) is 13.7 Å². The van der Waals surface area contributed by atoms with Crippen LogP contribution in [0.25, 0.3) is 0 Å². The molecule has 0 rings (SSSR count). The van der Waals surface area contributed by atoms with Gasteiger partial charge in [-0.3, -0.25) is 4.79 Å². The highest BCUT2D eigenvalue weighted by Gasteiger charge is 2.34. The van der Waals surface area contributed by atoms with E-state index in [0.717, 1.165) is 6.54 Å². The van der Waals surface area contributed by atoms with Crippen LogP contribution in [0, 0.1) is 0 Å². The summed E-state index contributed by atoms with van der Waals surface area (Å²) in [7, 11) is 1.41. The first-order chi connectivity index (χ1) is 7.50. The molecule has 2 atom stereocenters. The van der Waals surface area contributed by atoms with Crippen LogP contribution in [-0.2, 0) is 9.53 Å². The Morgan fingerprint density at radius 1 is 1.62 bits per heavy atom. The van der Waals surface area contributed by atoms with E-state index in [9.17, 15) is 4.79 Å². The third-order valence-corrected chi connectivity index (χ3v) is 3.55. The molecule has 0 radical (unpaired) electrons. The van der Waals surface area contributed by atoms with Crippen LogP contribution < -0.4 is 5.32 Å². The molecule has 0 aliphatic carbocycles. The first kappa shape index (κ1) is 15.7. The molecule has 0 spiro atoms. The number of likely N-dealkylation sites (N-methyl/N-ethyl adjacent to an activating group) is 1. The Bertz CT molecular complexity index is 213. The smallest absolute Gasteiger partial charge is 0.325 e. The molecule has 16 heavy (non-hydrogen) atoms. The van der Waals surface area contributed by atoms with Gasteiger partial charge in [-0.25, -0.2) is 0 Å². The van der Waals surface area contributed by atoms with Crippen molar-refractivity contribution in [2.45, 2.75) is 38.0 Å². The molecule has 2 N–H and O–H groups in total. The van der Waals surface area contributed by atoms with Crippen LogP contribution in [-0.4, -0.2) is 47.9 Å². The molecule has 4 nitrogen and oxygen atoms in total. The first-order valence-electron chi connectivity index (χ1n) is 5.56. The lowest BCUT2D eigenvalue weighted by molar-refractivity contribution is -0.148. The van der Waals surface area contributed by atoms with E-state index in [1.807, 2.05) is 13.8 Å². The van der Waals surface area contributed by atoms with E-state index in [0.29, 0.717) is 17.4 Å². The second-order valence-corrected chi connectivity index (χ2v) is 5.51. The van der Waals surface area contributed by atoms with Crippen molar-refractivity contribution < 1.29 is 14.6 Å². The summed E-state index contributed by atoms with van der Waals surface area (Å²) in [5, 5.41) is 12.2. The van der Waals surface area contributed by atoms with Gasteiger partial charge in [0, 0.05) is 11.0 Å². The van der Waals surface area contributed by atoms with E-state index in [2.05, 4.69) is 12.2 Å². The maximum absolute atomic E-state index is 11.7. The fourth-order valence-corrected chi connectivity index (χ4v) is 2.69. The number of methoxy groups -OCH3 is 1. The highest BCUT2D eigenvalue weighted by molar-refractivity contribution is 7.99. The zero-order valence-corrected chi connectivity index (χ0v) is 11.4. The molecule has 5 heteroatoms. The molecule has 0 fully saturated rings. The minimum Gasteiger partial charge on any atom is -0.468 e. The largest absolute Gasteiger partial charge is 0.468 e. The molecule has 0 bridgehead atoms. The van der Waals surface area contributed by atoms with Gasteiger partial charge in [-0.15, -0.1) is 0 Å². The van der Waals surface area contributed by atoms with E-state index < -0.39 is 5.54 Å². The number of hydrogen-bond donors (Lipinski definition) is 2. The fourth-order valence-electron chi connectivity index (χ4n) is 1.73. The number of ether oxygens (including phenoxy) is 1. The normalized spacial score (nSPS) is 16.6. The summed E-state index contributed by atoms with van der Waals surface area (Å²) in [5.41, 5.74) is -0.634. The Labute approximate surface area is 102 Å². The third kappa shape index (κ3) is 5.18. The van der Waals surface area contributed by atoms with Crippen LogP contribution in [0.4, 0.5) is 0 Å². The molecule has 0 aromatic carbocycles. The lowest BCUT2D eigenvalue weighted by Gasteiger charge is -2.30. The number of esters is 1. The first-order valence-corrected chi connectivity index (χ1v) is 6.61. The van der Waals surface area contributed by atoms with E-state index >= 15 is 0 Å². The zero-order valence-electron chi connectivity index (χ0n) is 10.6. The van der Waals surface area contributed by atoms with Gasteiger partial charge < -0.3 is 15.2 Å². The van der Waals surface area contributed by atoms with Crippen molar-refractivity contribution in [1.29, 1.82) is 0 Å². The summed E-state index contributed by atoms with van der Waals surface area (Å²) in [4.78, 5) is 11.7. The van der Waals surface area contributed by atoms with Crippen LogP contribution >= 0.6 is 11.8 Å². The van der Waals surface area contributed by atoms with Crippen LogP contribution in [0.5, 0.6) is 0 Å². The van der Waals surface area contributed by atoms with E-state index in [1.165, 1.54) is 7.11 Å². The monoisotopic (exact) mass is 249 g/mol. The molecule has 0 saturated heterocycles. The number of aliphatic hydroxyl groups is 1. The molecule has 2 unspecified atom stereocenters. The SMILES string of the molecule is CCNC(C)(CC(C)SCCO)C(=O)OC. The second kappa shape index (κ2) is 7.92. The highest BCUT2D eigenvalue weighted by Crippen LogP contribution is 2.22. The topological polar surface area (TPSA) is 58.6 Å². The summed E-state index contributed by atoms with van der Waals surface area (Å²) in [6.07, 6.45) is 0.693. The van der Waals surface area contributed by atoms with Crippen molar-refractivity contribution in [3.8, 4) is 0 Å². The average Bonchev–Trinajstić information content (AvgIpc) is 2.25. The number of rotatable bonds is 8.